The number of fused-ring (bicyclic) bond motifs is 1. The number of hydrogen-bond donors (Lipinski definition) is 2. The molecule has 1 aliphatic carbocycles. The Labute approximate surface area is 175 Å². The van der Waals surface area contributed by atoms with Crippen LogP contribution in [0.25, 0.3) is 0 Å². The van der Waals surface area contributed by atoms with Crippen LogP contribution >= 0.6 is 11.3 Å². The second-order valence-corrected chi connectivity index (χ2v) is 10.9. The van der Waals surface area contributed by atoms with Crippen LogP contribution in [0.3, 0.4) is 0 Å². The highest BCUT2D eigenvalue weighted by Gasteiger charge is 2.27. The van der Waals surface area contributed by atoms with Crippen molar-refractivity contribution >= 4 is 38.0 Å². The standard InChI is InChI=1S/C21H26N2O4S2/c1-14-9-10-16-17(12-14)28-21(19(16)20(22)25)23-18(24)8-5-11-29(26,27)13-15-6-3-2-4-7-15/h2-4,6-7,14H,5,8-13H2,1H3,(H2,22,25)(H,23,24)/t14-/m1/s1. The first-order chi connectivity index (χ1) is 13.7. The summed E-state index contributed by atoms with van der Waals surface area (Å²) in [6.45, 7) is 2.17. The molecular weight excluding hydrogens is 408 g/mol. The van der Waals surface area contributed by atoms with E-state index in [-0.39, 0.29) is 30.3 Å². The SMILES string of the molecule is C[C@@H]1CCc2c(sc(NC(=O)CCCS(=O)(=O)Cc3ccccc3)c2C(N)=O)C1. The third kappa shape index (κ3) is 5.67. The van der Waals surface area contributed by atoms with Gasteiger partial charge in [0.25, 0.3) is 5.91 Å². The number of carbonyl (C=O) groups excluding carboxylic acids is 2. The second kappa shape index (κ2) is 9.09. The van der Waals surface area contributed by atoms with Crippen LogP contribution in [0.4, 0.5) is 5.00 Å². The third-order valence-corrected chi connectivity index (χ3v) is 7.95. The van der Waals surface area contributed by atoms with Gasteiger partial charge in [0.2, 0.25) is 5.91 Å². The van der Waals surface area contributed by atoms with E-state index in [1.165, 1.54) is 11.3 Å². The molecule has 1 aromatic heterocycles. The average Bonchev–Trinajstić information content (AvgIpc) is 2.98. The molecule has 3 rings (SSSR count). The zero-order valence-corrected chi connectivity index (χ0v) is 18.1. The van der Waals surface area contributed by atoms with E-state index in [1.54, 1.807) is 24.3 Å². The van der Waals surface area contributed by atoms with E-state index in [9.17, 15) is 18.0 Å². The summed E-state index contributed by atoms with van der Waals surface area (Å²) in [5.41, 5.74) is 7.68. The molecule has 8 heteroatoms. The van der Waals surface area contributed by atoms with Crippen molar-refractivity contribution in [3.8, 4) is 0 Å². The topological polar surface area (TPSA) is 106 Å². The number of nitrogens with two attached hydrogens (primary N) is 1. The largest absolute Gasteiger partial charge is 0.365 e. The van der Waals surface area contributed by atoms with Crippen molar-refractivity contribution in [2.24, 2.45) is 11.7 Å². The van der Waals surface area contributed by atoms with Crippen molar-refractivity contribution < 1.29 is 18.0 Å². The van der Waals surface area contributed by atoms with Gasteiger partial charge in [0.15, 0.2) is 9.84 Å². The Hall–Kier alpha value is -2.19. The highest BCUT2D eigenvalue weighted by molar-refractivity contribution is 7.90. The van der Waals surface area contributed by atoms with E-state index in [1.807, 2.05) is 6.07 Å². The van der Waals surface area contributed by atoms with Crippen LogP contribution in [-0.2, 0) is 33.2 Å². The molecule has 1 aromatic carbocycles. The zero-order chi connectivity index (χ0) is 21.0. The van der Waals surface area contributed by atoms with Crippen LogP contribution in [0.5, 0.6) is 0 Å². The number of thiophene rings is 1. The van der Waals surface area contributed by atoms with Crippen LogP contribution in [0, 0.1) is 5.92 Å². The quantitative estimate of drug-likeness (QED) is 0.665. The number of rotatable bonds is 8. The first kappa shape index (κ1) is 21.5. The maximum Gasteiger partial charge on any atom is 0.251 e. The number of amides is 2. The van der Waals surface area contributed by atoms with Gasteiger partial charge < -0.3 is 11.1 Å². The number of primary amides is 1. The minimum absolute atomic E-state index is 0.0306. The Bertz CT molecular complexity index is 997. The van der Waals surface area contributed by atoms with Gasteiger partial charge in [-0.15, -0.1) is 11.3 Å². The summed E-state index contributed by atoms with van der Waals surface area (Å²) in [5, 5.41) is 3.28. The predicted octanol–water partition coefficient (Wildman–Crippen LogP) is 3.31. The van der Waals surface area contributed by atoms with Crippen LogP contribution in [0.15, 0.2) is 30.3 Å². The molecule has 0 fully saturated rings. The molecule has 1 heterocycles. The van der Waals surface area contributed by atoms with E-state index >= 15 is 0 Å². The average molecular weight is 435 g/mol. The molecule has 0 bridgehead atoms. The van der Waals surface area contributed by atoms with Gasteiger partial charge >= 0.3 is 0 Å². The molecule has 3 N–H and O–H groups in total. The molecule has 0 spiro atoms. The lowest BCUT2D eigenvalue weighted by atomic mass is 9.88. The molecule has 2 amide bonds. The monoisotopic (exact) mass is 434 g/mol. The maximum atomic E-state index is 12.4. The van der Waals surface area contributed by atoms with Crippen molar-refractivity contribution in [3.05, 3.63) is 51.9 Å². The van der Waals surface area contributed by atoms with Crippen molar-refractivity contribution in [1.82, 2.24) is 0 Å². The third-order valence-electron chi connectivity index (χ3n) is 5.10. The summed E-state index contributed by atoms with van der Waals surface area (Å²) >= 11 is 1.41. The minimum Gasteiger partial charge on any atom is -0.365 e. The predicted molar refractivity (Wildman–Crippen MR) is 116 cm³/mol. The van der Waals surface area contributed by atoms with E-state index < -0.39 is 15.7 Å². The highest BCUT2D eigenvalue weighted by atomic mass is 32.2. The lowest BCUT2D eigenvalue weighted by molar-refractivity contribution is -0.116. The Morgan fingerprint density at radius 2 is 1.97 bits per heavy atom. The van der Waals surface area contributed by atoms with Gasteiger partial charge in [0, 0.05) is 11.3 Å². The molecule has 29 heavy (non-hydrogen) atoms. The van der Waals surface area contributed by atoms with E-state index in [0.29, 0.717) is 16.5 Å². The van der Waals surface area contributed by atoms with Crippen LogP contribution < -0.4 is 11.1 Å². The summed E-state index contributed by atoms with van der Waals surface area (Å²) < 4.78 is 24.5. The van der Waals surface area contributed by atoms with Crippen molar-refractivity contribution in [2.45, 2.75) is 44.8 Å². The van der Waals surface area contributed by atoms with Gasteiger partial charge in [-0.1, -0.05) is 37.3 Å². The fourth-order valence-electron chi connectivity index (χ4n) is 3.64. The molecule has 156 valence electrons. The Morgan fingerprint density at radius 3 is 2.66 bits per heavy atom. The van der Waals surface area contributed by atoms with Gasteiger partial charge in [0.1, 0.15) is 5.00 Å². The van der Waals surface area contributed by atoms with Gasteiger partial charge in [-0.2, -0.15) is 0 Å². The van der Waals surface area contributed by atoms with Gasteiger partial charge in [-0.05, 0) is 42.7 Å². The summed E-state index contributed by atoms with van der Waals surface area (Å²) in [5.74, 6) is -0.375. The van der Waals surface area contributed by atoms with E-state index in [4.69, 9.17) is 5.73 Å². The van der Waals surface area contributed by atoms with Crippen molar-refractivity contribution in [2.75, 3.05) is 11.1 Å². The van der Waals surface area contributed by atoms with Crippen molar-refractivity contribution in [3.63, 3.8) is 0 Å². The summed E-state index contributed by atoms with van der Waals surface area (Å²) in [4.78, 5) is 25.4. The summed E-state index contributed by atoms with van der Waals surface area (Å²) in [6, 6.07) is 8.99. The van der Waals surface area contributed by atoms with Gasteiger partial charge in [-0.3, -0.25) is 9.59 Å². The Kier molecular flexibility index (Phi) is 6.74. The van der Waals surface area contributed by atoms with Crippen molar-refractivity contribution in [1.29, 1.82) is 0 Å². The normalized spacial score (nSPS) is 16.2. The number of sulfone groups is 1. The molecule has 0 saturated carbocycles. The first-order valence-corrected chi connectivity index (χ1v) is 12.4. The van der Waals surface area contributed by atoms with E-state index in [0.717, 1.165) is 35.3 Å². The number of hydrogen-bond acceptors (Lipinski definition) is 5. The van der Waals surface area contributed by atoms with Crippen LogP contribution in [0.2, 0.25) is 0 Å². The second-order valence-electron chi connectivity index (χ2n) is 7.65. The smallest absolute Gasteiger partial charge is 0.251 e. The Morgan fingerprint density at radius 1 is 1.24 bits per heavy atom. The molecule has 6 nitrogen and oxygen atoms in total. The summed E-state index contributed by atoms with van der Waals surface area (Å²) in [6.07, 6.45) is 2.98. The lowest BCUT2D eigenvalue weighted by Gasteiger charge is -2.18. The highest BCUT2D eigenvalue weighted by Crippen LogP contribution is 2.39. The molecule has 0 aliphatic heterocycles. The Balaban J connectivity index is 1.58. The number of benzene rings is 1. The number of nitrogens with one attached hydrogen (secondary N) is 1. The van der Waals surface area contributed by atoms with Crippen LogP contribution in [-0.4, -0.2) is 26.0 Å². The molecule has 0 saturated heterocycles. The number of anilines is 1. The fraction of sp³-hybridized carbons (Fsp3) is 0.429. The first-order valence-electron chi connectivity index (χ1n) is 9.73. The molecule has 1 aliphatic rings. The van der Waals surface area contributed by atoms with Gasteiger partial charge in [-0.25, -0.2) is 8.42 Å². The fourth-order valence-corrected chi connectivity index (χ4v) is 6.50. The zero-order valence-electron chi connectivity index (χ0n) is 16.4. The van der Waals surface area contributed by atoms with Crippen LogP contribution in [0.1, 0.15) is 52.5 Å². The summed E-state index contributed by atoms with van der Waals surface area (Å²) in [7, 11) is -3.28. The molecule has 0 radical (unpaired) electrons. The molecule has 0 unspecified atom stereocenters. The molecular formula is C21H26N2O4S2. The lowest BCUT2D eigenvalue weighted by Crippen LogP contribution is -2.19. The number of carbonyl (C=O) groups is 2. The maximum absolute atomic E-state index is 12.4. The van der Waals surface area contributed by atoms with E-state index in [2.05, 4.69) is 12.2 Å². The molecule has 2 aromatic rings. The van der Waals surface area contributed by atoms with Gasteiger partial charge in [0.05, 0.1) is 17.1 Å². The minimum atomic E-state index is -3.28. The molecule has 1 atom stereocenters.